The minimum absolute atomic E-state index is 0.0407. The second-order valence-electron chi connectivity index (χ2n) is 3.76. The highest BCUT2D eigenvalue weighted by atomic mass is 35.5. The summed E-state index contributed by atoms with van der Waals surface area (Å²) < 4.78 is 9.89. The van der Waals surface area contributed by atoms with Gasteiger partial charge in [0, 0.05) is 5.02 Å². The average Bonchev–Trinajstić information content (AvgIpc) is 2.41. The van der Waals surface area contributed by atoms with E-state index in [-0.39, 0.29) is 11.3 Å². The van der Waals surface area contributed by atoms with E-state index in [9.17, 15) is 9.59 Å². The normalized spacial score (nSPS) is 9.85. The molecule has 2 N–H and O–H groups in total. The van der Waals surface area contributed by atoms with Gasteiger partial charge in [-0.2, -0.15) is 0 Å². The van der Waals surface area contributed by atoms with Gasteiger partial charge in [-0.1, -0.05) is 23.7 Å². The zero-order chi connectivity index (χ0) is 14.5. The van der Waals surface area contributed by atoms with Gasteiger partial charge in [-0.15, -0.1) is 0 Å². The van der Waals surface area contributed by atoms with Gasteiger partial charge in [0.15, 0.2) is 0 Å². The average molecular weight is 292 g/mol. The van der Waals surface area contributed by atoms with Crippen molar-refractivity contribution in [2.24, 2.45) is 5.73 Å². The van der Waals surface area contributed by atoms with Crippen LogP contribution in [0.1, 0.15) is 10.4 Å². The maximum atomic E-state index is 12.0. The van der Waals surface area contributed by atoms with Crippen LogP contribution in [0.4, 0.5) is 4.79 Å². The molecule has 0 spiro atoms. The van der Waals surface area contributed by atoms with Gasteiger partial charge in [-0.25, -0.2) is 9.59 Å². The fourth-order valence-corrected chi connectivity index (χ4v) is 1.62. The lowest BCUT2D eigenvalue weighted by molar-refractivity contribution is 0.0732. The second kappa shape index (κ2) is 6.08. The molecule has 2 aromatic rings. The Morgan fingerprint density at radius 2 is 1.60 bits per heavy atom. The molecule has 0 aliphatic rings. The van der Waals surface area contributed by atoms with E-state index in [4.69, 9.17) is 26.8 Å². The topological polar surface area (TPSA) is 78.6 Å². The van der Waals surface area contributed by atoms with E-state index in [1.165, 1.54) is 12.1 Å². The summed E-state index contributed by atoms with van der Waals surface area (Å²) in [7, 11) is 0. The largest absolute Gasteiger partial charge is 0.423 e. The van der Waals surface area contributed by atoms with Crippen molar-refractivity contribution in [3.8, 4) is 11.5 Å². The highest BCUT2D eigenvalue weighted by molar-refractivity contribution is 6.30. The number of primary amides is 1. The predicted octanol–water partition coefficient (Wildman–Crippen LogP) is 3.02. The van der Waals surface area contributed by atoms with Crippen molar-refractivity contribution < 1.29 is 19.1 Å². The molecule has 0 atom stereocenters. The van der Waals surface area contributed by atoms with Gasteiger partial charge in [0.2, 0.25) is 0 Å². The summed E-state index contributed by atoms with van der Waals surface area (Å²) in [5.41, 5.74) is 5.03. The smallest absolute Gasteiger partial charge is 0.409 e. The number of hydrogen-bond acceptors (Lipinski definition) is 4. The molecule has 0 aliphatic heterocycles. The number of amides is 1. The summed E-state index contributed by atoms with van der Waals surface area (Å²) in [6.45, 7) is 0. The van der Waals surface area contributed by atoms with E-state index in [0.29, 0.717) is 10.8 Å². The van der Waals surface area contributed by atoms with E-state index in [2.05, 4.69) is 0 Å². The molecule has 0 radical (unpaired) electrons. The van der Waals surface area contributed by atoms with Crippen molar-refractivity contribution in [3.05, 3.63) is 59.1 Å². The fourth-order valence-electron chi connectivity index (χ4n) is 1.50. The van der Waals surface area contributed by atoms with Gasteiger partial charge in [-0.3, -0.25) is 0 Å². The Balaban J connectivity index is 2.20. The summed E-state index contributed by atoms with van der Waals surface area (Å²) in [4.78, 5) is 22.8. The molecule has 0 bridgehead atoms. The van der Waals surface area contributed by atoms with Gasteiger partial charge in [0.05, 0.1) is 0 Å². The van der Waals surface area contributed by atoms with E-state index in [1.54, 1.807) is 36.4 Å². The van der Waals surface area contributed by atoms with Gasteiger partial charge in [0.1, 0.15) is 17.1 Å². The highest BCUT2D eigenvalue weighted by Gasteiger charge is 2.15. The lowest BCUT2D eigenvalue weighted by Gasteiger charge is -2.08. The number of halogens is 1. The van der Waals surface area contributed by atoms with E-state index in [0.717, 1.165) is 0 Å². The van der Waals surface area contributed by atoms with E-state index < -0.39 is 12.1 Å². The van der Waals surface area contributed by atoms with Gasteiger partial charge >= 0.3 is 12.1 Å². The first-order valence-electron chi connectivity index (χ1n) is 5.60. The summed E-state index contributed by atoms with van der Waals surface area (Å²) >= 11 is 5.74. The van der Waals surface area contributed by atoms with Crippen molar-refractivity contribution in [3.63, 3.8) is 0 Å². The van der Waals surface area contributed by atoms with Crippen LogP contribution in [-0.4, -0.2) is 12.1 Å². The molecule has 0 unspecified atom stereocenters. The Labute approximate surface area is 119 Å². The Bertz CT molecular complexity index is 640. The molecule has 0 heterocycles. The first-order valence-corrected chi connectivity index (χ1v) is 5.98. The molecular formula is C14H10ClNO4. The van der Waals surface area contributed by atoms with Gasteiger partial charge in [-0.05, 0) is 36.4 Å². The molecule has 5 nitrogen and oxygen atoms in total. The van der Waals surface area contributed by atoms with Crippen molar-refractivity contribution in [1.82, 2.24) is 0 Å². The lowest BCUT2D eigenvalue weighted by atomic mass is 10.2. The molecule has 1 amide bonds. The van der Waals surface area contributed by atoms with E-state index in [1.807, 2.05) is 0 Å². The van der Waals surface area contributed by atoms with Crippen molar-refractivity contribution in [2.45, 2.75) is 0 Å². The number of benzene rings is 2. The predicted molar refractivity (Wildman–Crippen MR) is 73.1 cm³/mol. The Kier molecular flexibility index (Phi) is 4.22. The van der Waals surface area contributed by atoms with Gasteiger partial charge < -0.3 is 15.2 Å². The first-order chi connectivity index (χ1) is 9.56. The van der Waals surface area contributed by atoms with Crippen LogP contribution in [-0.2, 0) is 0 Å². The number of hydrogen-bond donors (Lipinski definition) is 1. The molecule has 0 saturated carbocycles. The minimum atomic E-state index is -1.00. The molecule has 0 fully saturated rings. The lowest BCUT2D eigenvalue weighted by Crippen LogP contribution is -2.19. The van der Waals surface area contributed by atoms with Crippen molar-refractivity contribution >= 4 is 23.7 Å². The third-order valence-electron chi connectivity index (χ3n) is 2.34. The van der Waals surface area contributed by atoms with Crippen molar-refractivity contribution in [1.29, 1.82) is 0 Å². The van der Waals surface area contributed by atoms with Gasteiger partial charge in [0.25, 0.3) is 0 Å². The number of carbonyl (C=O) groups excluding carboxylic acids is 2. The molecule has 2 rings (SSSR count). The number of esters is 1. The number of ether oxygens (including phenoxy) is 2. The van der Waals surface area contributed by atoms with E-state index >= 15 is 0 Å². The number of para-hydroxylation sites is 1. The maximum absolute atomic E-state index is 12.0. The standard InChI is InChI=1S/C14H10ClNO4/c15-9-5-7-10(8-6-9)19-13(17)11-3-1-2-4-12(11)20-14(16)18/h1-8H,(H2,16,18). The monoisotopic (exact) mass is 291 g/mol. The maximum Gasteiger partial charge on any atom is 0.409 e. The number of rotatable bonds is 3. The first kappa shape index (κ1) is 13.9. The Morgan fingerprint density at radius 1 is 0.950 bits per heavy atom. The fraction of sp³-hybridized carbons (Fsp3) is 0. The summed E-state index contributed by atoms with van der Waals surface area (Å²) in [6, 6.07) is 12.4. The van der Waals surface area contributed by atoms with Crippen LogP contribution in [0.25, 0.3) is 0 Å². The SMILES string of the molecule is NC(=O)Oc1ccccc1C(=O)Oc1ccc(Cl)cc1. The zero-order valence-corrected chi connectivity index (χ0v) is 11.0. The van der Waals surface area contributed by atoms with Crippen LogP contribution < -0.4 is 15.2 Å². The molecule has 0 saturated heterocycles. The summed E-state index contributed by atoms with van der Waals surface area (Å²) in [5, 5.41) is 0.530. The molecule has 6 heteroatoms. The van der Waals surface area contributed by atoms with Crippen molar-refractivity contribution in [2.75, 3.05) is 0 Å². The quantitative estimate of drug-likeness (QED) is 0.696. The second-order valence-corrected chi connectivity index (χ2v) is 4.20. The molecule has 0 aromatic heterocycles. The molecule has 2 aromatic carbocycles. The Morgan fingerprint density at radius 3 is 2.25 bits per heavy atom. The third kappa shape index (κ3) is 3.49. The molecule has 102 valence electrons. The van der Waals surface area contributed by atoms with Crippen LogP contribution in [0.2, 0.25) is 5.02 Å². The van der Waals surface area contributed by atoms with Crippen LogP contribution in [0.15, 0.2) is 48.5 Å². The number of carbonyl (C=O) groups is 2. The Hall–Kier alpha value is -2.53. The highest BCUT2D eigenvalue weighted by Crippen LogP contribution is 2.21. The van der Waals surface area contributed by atoms with Crippen LogP contribution in [0, 0.1) is 0 Å². The van der Waals surface area contributed by atoms with Crippen LogP contribution in [0.3, 0.4) is 0 Å². The number of nitrogens with two attached hydrogens (primary N) is 1. The molecular weight excluding hydrogens is 282 g/mol. The third-order valence-corrected chi connectivity index (χ3v) is 2.59. The summed E-state index contributed by atoms with van der Waals surface area (Å²) in [5.74, 6) is -0.295. The van der Waals surface area contributed by atoms with Crippen LogP contribution in [0.5, 0.6) is 11.5 Å². The minimum Gasteiger partial charge on any atom is -0.423 e. The molecule has 0 aliphatic carbocycles. The zero-order valence-electron chi connectivity index (χ0n) is 10.2. The molecule has 20 heavy (non-hydrogen) atoms. The van der Waals surface area contributed by atoms with Crippen LogP contribution >= 0.6 is 11.6 Å². The summed E-state index contributed by atoms with van der Waals surface area (Å²) in [6.07, 6.45) is -1.00.